The molecule has 4 heterocycles. The first-order valence-corrected chi connectivity index (χ1v) is 11.0. The third-order valence-electron chi connectivity index (χ3n) is 5.79. The molecule has 2 saturated heterocycles. The lowest BCUT2D eigenvalue weighted by Crippen LogP contribution is -2.36. The standard InChI is InChI=1S/C23H23ClN4OS/c24-16-6-3-7-17(14-16)27-12-4-10-20(27)22-21(19-9-1-2-11-25-19)26-23(30)28(22)15-18-8-5-13-29-18/h1-4,6-7,9-12,14,18,21-22H,5,8,13,15H2,(H,26,30)/t18-,21-,22-/m1/s1. The molecule has 0 unspecified atom stereocenters. The first kappa shape index (κ1) is 19.5. The smallest absolute Gasteiger partial charge is 0.170 e. The summed E-state index contributed by atoms with van der Waals surface area (Å²) in [6, 6.07) is 18.1. The van der Waals surface area contributed by atoms with E-state index in [4.69, 9.17) is 28.6 Å². The van der Waals surface area contributed by atoms with Gasteiger partial charge in [-0.3, -0.25) is 4.98 Å². The summed E-state index contributed by atoms with van der Waals surface area (Å²) in [5, 5.41) is 4.98. The van der Waals surface area contributed by atoms with Crippen molar-refractivity contribution in [2.75, 3.05) is 13.2 Å². The van der Waals surface area contributed by atoms with E-state index in [1.165, 1.54) is 0 Å². The monoisotopic (exact) mass is 438 g/mol. The lowest BCUT2D eigenvalue weighted by Gasteiger charge is -2.30. The molecule has 0 radical (unpaired) electrons. The average Bonchev–Trinajstić information content (AvgIpc) is 3.50. The molecular formula is C23H23ClN4OS. The highest BCUT2D eigenvalue weighted by atomic mass is 35.5. The number of hydrogen-bond acceptors (Lipinski definition) is 3. The molecule has 3 aromatic rings. The molecule has 1 aromatic carbocycles. The summed E-state index contributed by atoms with van der Waals surface area (Å²) in [7, 11) is 0. The molecule has 3 atom stereocenters. The van der Waals surface area contributed by atoms with Gasteiger partial charge in [0, 0.05) is 41.9 Å². The number of aromatic nitrogens is 2. The van der Waals surface area contributed by atoms with Gasteiger partial charge in [0.1, 0.15) is 0 Å². The van der Waals surface area contributed by atoms with Gasteiger partial charge in [0.25, 0.3) is 0 Å². The molecule has 5 nitrogen and oxygen atoms in total. The van der Waals surface area contributed by atoms with Crippen LogP contribution in [0, 0.1) is 0 Å². The minimum absolute atomic E-state index is 0.00872. The lowest BCUT2D eigenvalue weighted by atomic mass is 10.0. The molecule has 1 N–H and O–H groups in total. The van der Waals surface area contributed by atoms with Crippen molar-refractivity contribution in [3.8, 4) is 5.69 Å². The highest BCUT2D eigenvalue weighted by Gasteiger charge is 2.42. The SMILES string of the molecule is S=C1N[C@H](c2ccccn2)[C@@H](c2cccn2-c2cccc(Cl)c2)N1C[C@H]1CCCO1. The highest BCUT2D eigenvalue weighted by Crippen LogP contribution is 2.40. The Kier molecular flexibility index (Phi) is 5.46. The number of thiocarbonyl (C=S) groups is 1. The number of pyridine rings is 1. The van der Waals surface area contributed by atoms with Crippen LogP contribution in [-0.4, -0.2) is 38.8 Å². The molecule has 2 fully saturated rings. The van der Waals surface area contributed by atoms with E-state index in [-0.39, 0.29) is 18.2 Å². The zero-order chi connectivity index (χ0) is 20.5. The predicted molar refractivity (Wildman–Crippen MR) is 122 cm³/mol. The predicted octanol–water partition coefficient (Wildman–Crippen LogP) is 4.68. The second kappa shape index (κ2) is 8.38. The van der Waals surface area contributed by atoms with Crippen LogP contribution in [0.25, 0.3) is 5.69 Å². The minimum Gasteiger partial charge on any atom is -0.376 e. The molecule has 2 aliphatic rings. The van der Waals surface area contributed by atoms with Crippen molar-refractivity contribution >= 4 is 28.9 Å². The number of hydrogen-bond donors (Lipinski definition) is 1. The molecule has 0 bridgehead atoms. The fraction of sp³-hybridized carbons (Fsp3) is 0.304. The minimum atomic E-state index is -0.0482. The van der Waals surface area contributed by atoms with E-state index in [2.05, 4.69) is 50.2 Å². The number of benzene rings is 1. The molecule has 0 saturated carbocycles. The summed E-state index contributed by atoms with van der Waals surface area (Å²) < 4.78 is 8.12. The second-order valence-electron chi connectivity index (χ2n) is 7.70. The largest absolute Gasteiger partial charge is 0.376 e. The van der Waals surface area contributed by atoms with Gasteiger partial charge in [0.2, 0.25) is 0 Å². The van der Waals surface area contributed by atoms with Gasteiger partial charge < -0.3 is 19.5 Å². The highest BCUT2D eigenvalue weighted by molar-refractivity contribution is 7.80. The zero-order valence-electron chi connectivity index (χ0n) is 16.4. The van der Waals surface area contributed by atoms with Crippen molar-refractivity contribution in [2.45, 2.75) is 31.0 Å². The molecule has 154 valence electrons. The fourth-order valence-electron chi connectivity index (χ4n) is 4.43. The normalized spacial score (nSPS) is 23.7. The van der Waals surface area contributed by atoms with Crippen LogP contribution >= 0.6 is 23.8 Å². The van der Waals surface area contributed by atoms with Crippen molar-refractivity contribution in [3.63, 3.8) is 0 Å². The maximum absolute atomic E-state index is 6.28. The van der Waals surface area contributed by atoms with E-state index in [1.54, 1.807) is 0 Å². The Bertz CT molecular complexity index is 1030. The van der Waals surface area contributed by atoms with Gasteiger partial charge >= 0.3 is 0 Å². The summed E-state index contributed by atoms with van der Waals surface area (Å²) in [5.41, 5.74) is 3.13. The molecule has 2 aromatic heterocycles. The Hall–Kier alpha value is -2.41. The first-order chi connectivity index (χ1) is 14.7. The van der Waals surface area contributed by atoms with E-state index in [0.29, 0.717) is 5.02 Å². The molecule has 5 rings (SSSR count). The van der Waals surface area contributed by atoms with E-state index in [0.717, 1.165) is 48.2 Å². The van der Waals surface area contributed by atoms with Gasteiger partial charge in [-0.25, -0.2) is 0 Å². The Morgan fingerprint density at radius 3 is 2.87 bits per heavy atom. The summed E-state index contributed by atoms with van der Waals surface area (Å²) in [6.07, 6.45) is 6.27. The van der Waals surface area contributed by atoms with Gasteiger partial charge in [-0.05, 0) is 67.5 Å². The Morgan fingerprint density at radius 2 is 2.10 bits per heavy atom. The van der Waals surface area contributed by atoms with Crippen molar-refractivity contribution in [3.05, 3.63) is 83.4 Å². The topological polar surface area (TPSA) is 42.3 Å². The van der Waals surface area contributed by atoms with Crippen molar-refractivity contribution < 1.29 is 4.74 Å². The van der Waals surface area contributed by atoms with Gasteiger partial charge in [-0.1, -0.05) is 23.7 Å². The zero-order valence-corrected chi connectivity index (χ0v) is 18.0. The van der Waals surface area contributed by atoms with Crippen LogP contribution in [0.2, 0.25) is 5.02 Å². The number of halogens is 1. The molecule has 7 heteroatoms. The van der Waals surface area contributed by atoms with Crippen LogP contribution in [0.1, 0.15) is 36.3 Å². The number of nitrogens with one attached hydrogen (secondary N) is 1. The third kappa shape index (κ3) is 3.71. The summed E-state index contributed by atoms with van der Waals surface area (Å²) in [4.78, 5) is 6.89. The maximum atomic E-state index is 6.28. The number of ether oxygens (including phenoxy) is 1. The van der Waals surface area contributed by atoms with E-state index >= 15 is 0 Å². The van der Waals surface area contributed by atoms with E-state index in [1.807, 2.05) is 36.5 Å². The quantitative estimate of drug-likeness (QED) is 0.586. The van der Waals surface area contributed by atoms with E-state index < -0.39 is 0 Å². The summed E-state index contributed by atoms with van der Waals surface area (Å²) >= 11 is 12.1. The molecule has 0 spiro atoms. The van der Waals surface area contributed by atoms with E-state index in [9.17, 15) is 0 Å². The van der Waals surface area contributed by atoms with Crippen molar-refractivity contribution in [2.24, 2.45) is 0 Å². The molecule has 0 amide bonds. The number of nitrogens with zero attached hydrogens (tertiary/aromatic N) is 3. The summed E-state index contributed by atoms with van der Waals surface area (Å²) in [5.74, 6) is 0. The molecule has 0 aliphatic carbocycles. The first-order valence-electron chi connectivity index (χ1n) is 10.2. The molecule has 2 aliphatic heterocycles. The fourth-order valence-corrected chi connectivity index (χ4v) is 4.93. The number of rotatable bonds is 5. The molecular weight excluding hydrogens is 416 g/mol. The van der Waals surface area contributed by atoms with Gasteiger partial charge in [-0.15, -0.1) is 0 Å². The van der Waals surface area contributed by atoms with Gasteiger partial charge in [0.05, 0.1) is 23.9 Å². The van der Waals surface area contributed by atoms with Crippen LogP contribution < -0.4 is 5.32 Å². The van der Waals surface area contributed by atoms with Crippen LogP contribution in [0.5, 0.6) is 0 Å². The summed E-state index contributed by atoms with van der Waals surface area (Å²) in [6.45, 7) is 1.59. The van der Waals surface area contributed by atoms with Crippen LogP contribution in [-0.2, 0) is 4.74 Å². The van der Waals surface area contributed by atoms with Crippen molar-refractivity contribution in [1.29, 1.82) is 0 Å². The van der Waals surface area contributed by atoms with Crippen LogP contribution in [0.4, 0.5) is 0 Å². The van der Waals surface area contributed by atoms with Gasteiger partial charge in [-0.2, -0.15) is 0 Å². The Morgan fingerprint density at radius 1 is 1.17 bits per heavy atom. The van der Waals surface area contributed by atoms with Crippen LogP contribution in [0.3, 0.4) is 0 Å². The molecule has 30 heavy (non-hydrogen) atoms. The third-order valence-corrected chi connectivity index (χ3v) is 6.38. The lowest BCUT2D eigenvalue weighted by molar-refractivity contribution is 0.0836. The maximum Gasteiger partial charge on any atom is 0.170 e. The Balaban J connectivity index is 1.57. The van der Waals surface area contributed by atoms with Crippen molar-refractivity contribution in [1.82, 2.24) is 19.8 Å². The van der Waals surface area contributed by atoms with Crippen LogP contribution in [0.15, 0.2) is 67.0 Å². The van der Waals surface area contributed by atoms with Gasteiger partial charge in [0.15, 0.2) is 5.11 Å². The average molecular weight is 439 g/mol. The Labute approximate surface area is 186 Å². The second-order valence-corrected chi connectivity index (χ2v) is 8.52.